The molecule has 6 nitrogen and oxygen atoms in total. The summed E-state index contributed by atoms with van der Waals surface area (Å²) in [5.41, 5.74) is 6.72. The Balaban J connectivity index is 3.00. The van der Waals surface area contributed by atoms with E-state index >= 15 is 0 Å². The molecular weight excluding hydrogens is 234 g/mol. The summed E-state index contributed by atoms with van der Waals surface area (Å²) in [7, 11) is 0. The van der Waals surface area contributed by atoms with Crippen molar-refractivity contribution in [3.05, 3.63) is 18.0 Å². The Hall–Kier alpha value is -1.53. The Morgan fingerprint density at radius 1 is 1.39 bits per heavy atom. The number of aliphatic hydroxyl groups excluding tert-OH is 2. The van der Waals surface area contributed by atoms with Gasteiger partial charge in [0, 0.05) is 25.3 Å². The summed E-state index contributed by atoms with van der Waals surface area (Å²) < 4.78 is 1.79. The molecule has 1 rings (SSSR count). The van der Waals surface area contributed by atoms with Gasteiger partial charge >= 0.3 is 0 Å². The number of nitrogens with two attached hydrogens (primary N) is 1. The number of rotatable bonds is 6. The quantitative estimate of drug-likeness (QED) is 0.671. The fraction of sp³-hybridized carbons (Fsp3) is 0.583. The Labute approximate surface area is 107 Å². The fourth-order valence-electron chi connectivity index (χ4n) is 1.82. The summed E-state index contributed by atoms with van der Waals surface area (Å²) in [5, 5.41) is 17.9. The van der Waals surface area contributed by atoms with Gasteiger partial charge in [0.15, 0.2) is 0 Å². The molecule has 4 N–H and O–H groups in total. The van der Waals surface area contributed by atoms with Crippen LogP contribution >= 0.6 is 0 Å². The van der Waals surface area contributed by atoms with Crippen molar-refractivity contribution in [2.75, 3.05) is 32.0 Å². The summed E-state index contributed by atoms with van der Waals surface area (Å²) in [6.45, 7) is 4.04. The molecule has 1 aromatic rings. The number of anilines is 1. The molecule has 0 aromatic carbocycles. The Morgan fingerprint density at radius 3 is 2.39 bits per heavy atom. The number of aliphatic hydroxyl groups is 2. The van der Waals surface area contributed by atoms with Crippen molar-refractivity contribution < 1.29 is 15.0 Å². The van der Waals surface area contributed by atoms with Crippen LogP contribution in [0.1, 0.15) is 30.4 Å². The molecule has 6 heteroatoms. The minimum absolute atomic E-state index is 0.117. The van der Waals surface area contributed by atoms with Gasteiger partial charge in [-0.3, -0.25) is 4.79 Å². The monoisotopic (exact) mass is 255 g/mol. The van der Waals surface area contributed by atoms with E-state index in [0.717, 1.165) is 0 Å². The zero-order chi connectivity index (χ0) is 13.7. The molecule has 0 saturated heterocycles. The first kappa shape index (κ1) is 14.5. The smallest absolute Gasteiger partial charge is 0.270 e. The van der Waals surface area contributed by atoms with Gasteiger partial charge in [0.05, 0.1) is 18.9 Å². The summed E-state index contributed by atoms with van der Waals surface area (Å²) in [6.07, 6.45) is 1.72. The molecule has 0 fully saturated rings. The molecule has 0 aliphatic heterocycles. The fourth-order valence-corrected chi connectivity index (χ4v) is 1.82. The van der Waals surface area contributed by atoms with Crippen LogP contribution in [-0.2, 0) is 0 Å². The molecule has 0 spiro atoms. The van der Waals surface area contributed by atoms with Crippen LogP contribution in [-0.4, -0.2) is 51.9 Å². The van der Waals surface area contributed by atoms with Crippen LogP contribution in [0, 0.1) is 0 Å². The van der Waals surface area contributed by atoms with Crippen LogP contribution in [0.4, 0.5) is 5.69 Å². The predicted octanol–water partition coefficient (Wildman–Crippen LogP) is 0.0780. The number of hydrogen-bond acceptors (Lipinski definition) is 4. The Bertz CT molecular complexity index is 395. The van der Waals surface area contributed by atoms with Crippen LogP contribution in [0.3, 0.4) is 0 Å². The van der Waals surface area contributed by atoms with Crippen LogP contribution in [0.25, 0.3) is 0 Å². The van der Waals surface area contributed by atoms with Gasteiger partial charge in [0.2, 0.25) is 0 Å². The van der Waals surface area contributed by atoms with E-state index < -0.39 is 0 Å². The summed E-state index contributed by atoms with van der Waals surface area (Å²) >= 11 is 0. The second-order valence-corrected chi connectivity index (χ2v) is 4.40. The SMILES string of the molecule is CC(C)n1cc(N)cc1C(=O)N(CCO)CCO. The first-order chi connectivity index (χ1) is 8.51. The summed E-state index contributed by atoms with van der Waals surface area (Å²) in [5.74, 6) is -0.233. The molecule has 1 amide bonds. The maximum Gasteiger partial charge on any atom is 0.270 e. The first-order valence-corrected chi connectivity index (χ1v) is 5.99. The highest BCUT2D eigenvalue weighted by molar-refractivity contribution is 5.94. The maximum atomic E-state index is 12.3. The van der Waals surface area contributed by atoms with Crippen molar-refractivity contribution in [2.24, 2.45) is 0 Å². The third-order valence-electron chi connectivity index (χ3n) is 2.67. The van der Waals surface area contributed by atoms with Crippen LogP contribution in [0.2, 0.25) is 0 Å². The molecule has 0 unspecified atom stereocenters. The molecular formula is C12H21N3O3. The molecule has 0 bridgehead atoms. The van der Waals surface area contributed by atoms with E-state index in [4.69, 9.17) is 15.9 Å². The van der Waals surface area contributed by atoms with E-state index in [0.29, 0.717) is 11.4 Å². The molecule has 0 radical (unpaired) electrons. The van der Waals surface area contributed by atoms with E-state index in [1.807, 2.05) is 13.8 Å². The van der Waals surface area contributed by atoms with Gasteiger partial charge in [-0.2, -0.15) is 0 Å². The van der Waals surface area contributed by atoms with E-state index in [2.05, 4.69) is 0 Å². The van der Waals surface area contributed by atoms with E-state index in [1.165, 1.54) is 4.90 Å². The normalized spacial score (nSPS) is 10.9. The molecule has 18 heavy (non-hydrogen) atoms. The average Bonchev–Trinajstić information content (AvgIpc) is 2.70. The van der Waals surface area contributed by atoms with Crippen molar-refractivity contribution in [3.8, 4) is 0 Å². The number of nitrogens with zero attached hydrogens (tertiary/aromatic N) is 2. The average molecular weight is 255 g/mol. The zero-order valence-electron chi connectivity index (χ0n) is 10.8. The lowest BCUT2D eigenvalue weighted by atomic mass is 10.3. The number of nitrogen functional groups attached to an aromatic ring is 1. The van der Waals surface area contributed by atoms with Crippen LogP contribution < -0.4 is 5.73 Å². The second-order valence-electron chi connectivity index (χ2n) is 4.40. The van der Waals surface area contributed by atoms with Gasteiger partial charge in [-0.1, -0.05) is 0 Å². The molecule has 0 aliphatic carbocycles. The van der Waals surface area contributed by atoms with Gasteiger partial charge in [0.25, 0.3) is 5.91 Å². The first-order valence-electron chi connectivity index (χ1n) is 5.99. The lowest BCUT2D eigenvalue weighted by Gasteiger charge is -2.22. The van der Waals surface area contributed by atoms with Gasteiger partial charge in [-0.05, 0) is 19.9 Å². The summed E-state index contributed by atoms with van der Waals surface area (Å²) in [4.78, 5) is 13.7. The van der Waals surface area contributed by atoms with Crippen LogP contribution in [0.5, 0.6) is 0 Å². The van der Waals surface area contributed by atoms with Crippen molar-refractivity contribution in [1.82, 2.24) is 9.47 Å². The molecule has 102 valence electrons. The van der Waals surface area contributed by atoms with Gasteiger partial charge in [-0.15, -0.1) is 0 Å². The molecule has 0 atom stereocenters. The van der Waals surface area contributed by atoms with Gasteiger partial charge < -0.3 is 25.4 Å². The van der Waals surface area contributed by atoms with Crippen molar-refractivity contribution >= 4 is 11.6 Å². The predicted molar refractivity (Wildman–Crippen MR) is 69.3 cm³/mol. The third kappa shape index (κ3) is 3.24. The highest BCUT2D eigenvalue weighted by Crippen LogP contribution is 2.18. The lowest BCUT2D eigenvalue weighted by molar-refractivity contribution is 0.0672. The number of carbonyl (C=O) groups excluding carboxylic acids is 1. The molecule has 1 heterocycles. The highest BCUT2D eigenvalue weighted by Gasteiger charge is 2.20. The van der Waals surface area contributed by atoms with Crippen molar-refractivity contribution in [1.29, 1.82) is 0 Å². The molecule has 1 aromatic heterocycles. The van der Waals surface area contributed by atoms with Crippen LogP contribution in [0.15, 0.2) is 12.3 Å². The van der Waals surface area contributed by atoms with E-state index in [1.54, 1.807) is 16.8 Å². The Kier molecular flexibility index (Phi) is 5.18. The Morgan fingerprint density at radius 2 is 1.94 bits per heavy atom. The number of hydrogen-bond donors (Lipinski definition) is 3. The summed E-state index contributed by atoms with van der Waals surface area (Å²) in [6, 6.07) is 1.73. The molecule has 0 saturated carbocycles. The number of carbonyl (C=O) groups is 1. The molecule has 0 aliphatic rings. The number of amides is 1. The van der Waals surface area contributed by atoms with E-state index in [9.17, 15) is 4.79 Å². The minimum atomic E-state index is -0.233. The third-order valence-corrected chi connectivity index (χ3v) is 2.67. The standard InChI is InChI=1S/C12H21N3O3/c1-9(2)15-8-10(13)7-11(15)12(18)14(3-5-16)4-6-17/h7-9,16-17H,3-6,13H2,1-2H3. The topological polar surface area (TPSA) is 91.7 Å². The van der Waals surface area contributed by atoms with Crippen molar-refractivity contribution in [2.45, 2.75) is 19.9 Å². The lowest BCUT2D eigenvalue weighted by Crippen LogP contribution is -2.37. The zero-order valence-corrected chi connectivity index (χ0v) is 10.8. The maximum absolute atomic E-state index is 12.3. The highest BCUT2D eigenvalue weighted by atomic mass is 16.3. The number of aromatic nitrogens is 1. The van der Waals surface area contributed by atoms with Gasteiger partial charge in [-0.25, -0.2) is 0 Å². The van der Waals surface area contributed by atoms with Gasteiger partial charge in [0.1, 0.15) is 5.69 Å². The van der Waals surface area contributed by atoms with E-state index in [-0.39, 0.29) is 38.3 Å². The second kappa shape index (κ2) is 6.42. The largest absolute Gasteiger partial charge is 0.397 e. The minimum Gasteiger partial charge on any atom is -0.397 e. The van der Waals surface area contributed by atoms with Crippen molar-refractivity contribution in [3.63, 3.8) is 0 Å².